The summed E-state index contributed by atoms with van der Waals surface area (Å²) >= 11 is 0. The molecule has 4 heteroatoms. The summed E-state index contributed by atoms with van der Waals surface area (Å²) in [5.41, 5.74) is 1.12. The molecule has 1 fully saturated rings. The molecule has 0 bridgehead atoms. The molecule has 2 rings (SSSR count). The molecule has 1 heterocycles. The Kier molecular flexibility index (Phi) is 3.64. The third kappa shape index (κ3) is 3.25. The fourth-order valence-corrected chi connectivity index (χ4v) is 1.71. The monoisotopic (exact) mass is 207 g/mol. The average Bonchev–Trinajstić information content (AvgIpc) is 3.09. The number of methoxy groups -OCH3 is 1. The van der Waals surface area contributed by atoms with Crippen LogP contribution in [0.25, 0.3) is 0 Å². The van der Waals surface area contributed by atoms with Crippen LogP contribution in [0.4, 0.5) is 0 Å². The molecule has 0 aliphatic heterocycles. The van der Waals surface area contributed by atoms with E-state index in [2.05, 4.69) is 15.3 Å². The molecule has 0 saturated heterocycles. The van der Waals surface area contributed by atoms with Crippen molar-refractivity contribution in [1.29, 1.82) is 0 Å². The van der Waals surface area contributed by atoms with Crippen LogP contribution < -0.4 is 5.32 Å². The SMILES string of the molecule is COCC(NCc1cncnc1)C1CC1. The van der Waals surface area contributed by atoms with E-state index in [4.69, 9.17) is 4.74 Å². The molecule has 1 aliphatic rings. The van der Waals surface area contributed by atoms with E-state index in [0.29, 0.717) is 6.04 Å². The lowest BCUT2D eigenvalue weighted by atomic mass is 10.2. The minimum atomic E-state index is 0.482. The summed E-state index contributed by atoms with van der Waals surface area (Å²) in [6.07, 6.45) is 7.89. The maximum atomic E-state index is 5.20. The molecule has 0 aromatic carbocycles. The molecule has 1 saturated carbocycles. The average molecular weight is 207 g/mol. The highest BCUT2D eigenvalue weighted by atomic mass is 16.5. The van der Waals surface area contributed by atoms with Crippen molar-refractivity contribution in [3.8, 4) is 0 Å². The van der Waals surface area contributed by atoms with Gasteiger partial charge in [-0.3, -0.25) is 0 Å². The molecule has 15 heavy (non-hydrogen) atoms. The second-order valence-electron chi connectivity index (χ2n) is 4.03. The fourth-order valence-electron chi connectivity index (χ4n) is 1.71. The zero-order valence-corrected chi connectivity index (χ0v) is 9.02. The van der Waals surface area contributed by atoms with Gasteiger partial charge in [-0.1, -0.05) is 0 Å². The largest absolute Gasteiger partial charge is 0.383 e. The number of ether oxygens (including phenoxy) is 1. The topological polar surface area (TPSA) is 47.0 Å². The third-order valence-corrected chi connectivity index (χ3v) is 2.72. The Bertz CT molecular complexity index is 287. The first kappa shape index (κ1) is 10.5. The van der Waals surface area contributed by atoms with E-state index in [1.165, 1.54) is 12.8 Å². The molecule has 4 nitrogen and oxygen atoms in total. The van der Waals surface area contributed by atoms with Gasteiger partial charge in [0.15, 0.2) is 0 Å². The van der Waals surface area contributed by atoms with Crippen LogP contribution in [0.5, 0.6) is 0 Å². The Balaban J connectivity index is 1.80. The molecule has 82 valence electrons. The van der Waals surface area contributed by atoms with E-state index in [0.717, 1.165) is 24.6 Å². The molecule has 1 aliphatic carbocycles. The van der Waals surface area contributed by atoms with Crippen molar-refractivity contribution in [2.45, 2.75) is 25.4 Å². The summed E-state index contributed by atoms with van der Waals surface area (Å²) in [5, 5.41) is 3.49. The van der Waals surface area contributed by atoms with Crippen LogP contribution in [0.3, 0.4) is 0 Å². The van der Waals surface area contributed by atoms with Crippen LogP contribution in [-0.4, -0.2) is 29.7 Å². The Labute approximate surface area is 90.1 Å². The van der Waals surface area contributed by atoms with Gasteiger partial charge in [0, 0.05) is 37.7 Å². The summed E-state index contributed by atoms with van der Waals surface area (Å²) in [6.45, 7) is 1.61. The summed E-state index contributed by atoms with van der Waals surface area (Å²) < 4.78 is 5.20. The van der Waals surface area contributed by atoms with Gasteiger partial charge in [-0.2, -0.15) is 0 Å². The second kappa shape index (κ2) is 5.19. The van der Waals surface area contributed by atoms with Crippen molar-refractivity contribution in [3.05, 3.63) is 24.3 Å². The van der Waals surface area contributed by atoms with Gasteiger partial charge in [-0.05, 0) is 18.8 Å². The molecule has 1 N–H and O–H groups in total. The smallest absolute Gasteiger partial charge is 0.115 e. The number of nitrogens with zero attached hydrogens (tertiary/aromatic N) is 2. The van der Waals surface area contributed by atoms with E-state index in [1.54, 1.807) is 13.4 Å². The number of nitrogens with one attached hydrogen (secondary N) is 1. The summed E-state index contributed by atoms with van der Waals surface area (Å²) in [5.74, 6) is 0.801. The van der Waals surface area contributed by atoms with Gasteiger partial charge in [-0.15, -0.1) is 0 Å². The first-order valence-electron chi connectivity index (χ1n) is 5.36. The van der Waals surface area contributed by atoms with E-state index in [1.807, 2.05) is 12.4 Å². The minimum absolute atomic E-state index is 0.482. The Morgan fingerprint density at radius 3 is 2.80 bits per heavy atom. The molecule has 0 spiro atoms. The lowest BCUT2D eigenvalue weighted by molar-refractivity contribution is 0.157. The number of rotatable bonds is 6. The molecular formula is C11H17N3O. The predicted molar refractivity (Wildman–Crippen MR) is 57.3 cm³/mol. The lowest BCUT2D eigenvalue weighted by Crippen LogP contribution is -2.34. The third-order valence-electron chi connectivity index (χ3n) is 2.72. The van der Waals surface area contributed by atoms with E-state index in [9.17, 15) is 0 Å². The van der Waals surface area contributed by atoms with Crippen LogP contribution in [-0.2, 0) is 11.3 Å². The molecule has 1 aromatic rings. The normalized spacial score (nSPS) is 17.7. The molecule has 1 atom stereocenters. The highest BCUT2D eigenvalue weighted by Crippen LogP contribution is 2.32. The number of hydrogen-bond acceptors (Lipinski definition) is 4. The van der Waals surface area contributed by atoms with Crippen molar-refractivity contribution in [3.63, 3.8) is 0 Å². The van der Waals surface area contributed by atoms with Gasteiger partial charge in [-0.25, -0.2) is 9.97 Å². The predicted octanol–water partition coefficient (Wildman–Crippen LogP) is 0.991. The minimum Gasteiger partial charge on any atom is -0.383 e. The van der Waals surface area contributed by atoms with Crippen LogP contribution in [0.15, 0.2) is 18.7 Å². The Morgan fingerprint density at radius 1 is 1.47 bits per heavy atom. The summed E-state index contributed by atoms with van der Waals surface area (Å²) in [6, 6.07) is 0.482. The fraction of sp³-hybridized carbons (Fsp3) is 0.636. The van der Waals surface area contributed by atoms with Crippen molar-refractivity contribution < 1.29 is 4.74 Å². The molecule has 1 unspecified atom stereocenters. The second-order valence-corrected chi connectivity index (χ2v) is 4.03. The van der Waals surface area contributed by atoms with Gasteiger partial charge < -0.3 is 10.1 Å². The van der Waals surface area contributed by atoms with E-state index in [-0.39, 0.29) is 0 Å². The standard InChI is InChI=1S/C11H17N3O/c1-15-7-11(10-2-3-10)14-6-9-4-12-8-13-5-9/h4-5,8,10-11,14H,2-3,6-7H2,1H3. The first-order chi connectivity index (χ1) is 7.40. The van der Waals surface area contributed by atoms with Crippen molar-refractivity contribution in [1.82, 2.24) is 15.3 Å². The molecule has 1 aromatic heterocycles. The van der Waals surface area contributed by atoms with E-state index < -0.39 is 0 Å². The lowest BCUT2D eigenvalue weighted by Gasteiger charge is -2.16. The van der Waals surface area contributed by atoms with Crippen LogP contribution in [0.1, 0.15) is 18.4 Å². The zero-order chi connectivity index (χ0) is 10.5. The highest BCUT2D eigenvalue weighted by molar-refractivity contribution is 5.02. The number of aromatic nitrogens is 2. The van der Waals surface area contributed by atoms with Crippen molar-refractivity contribution >= 4 is 0 Å². The Morgan fingerprint density at radius 2 is 2.20 bits per heavy atom. The van der Waals surface area contributed by atoms with Crippen LogP contribution >= 0.6 is 0 Å². The molecular weight excluding hydrogens is 190 g/mol. The maximum Gasteiger partial charge on any atom is 0.115 e. The summed E-state index contributed by atoms with van der Waals surface area (Å²) in [4.78, 5) is 7.97. The van der Waals surface area contributed by atoms with Gasteiger partial charge >= 0.3 is 0 Å². The van der Waals surface area contributed by atoms with Gasteiger partial charge in [0.25, 0.3) is 0 Å². The summed E-state index contributed by atoms with van der Waals surface area (Å²) in [7, 11) is 1.75. The van der Waals surface area contributed by atoms with E-state index >= 15 is 0 Å². The van der Waals surface area contributed by atoms with Crippen LogP contribution in [0.2, 0.25) is 0 Å². The molecule has 0 amide bonds. The van der Waals surface area contributed by atoms with Gasteiger partial charge in [0.05, 0.1) is 6.61 Å². The highest BCUT2D eigenvalue weighted by Gasteiger charge is 2.30. The zero-order valence-electron chi connectivity index (χ0n) is 9.02. The quantitative estimate of drug-likeness (QED) is 0.755. The number of hydrogen-bond donors (Lipinski definition) is 1. The molecule has 0 radical (unpaired) electrons. The maximum absolute atomic E-state index is 5.20. The Hall–Kier alpha value is -1.00. The van der Waals surface area contributed by atoms with Gasteiger partial charge in [0.1, 0.15) is 6.33 Å². The van der Waals surface area contributed by atoms with Crippen molar-refractivity contribution in [2.24, 2.45) is 5.92 Å². The van der Waals surface area contributed by atoms with Gasteiger partial charge in [0.2, 0.25) is 0 Å². The first-order valence-corrected chi connectivity index (χ1v) is 5.36. The van der Waals surface area contributed by atoms with Crippen molar-refractivity contribution in [2.75, 3.05) is 13.7 Å². The van der Waals surface area contributed by atoms with Crippen LogP contribution in [0, 0.1) is 5.92 Å².